The van der Waals surface area contributed by atoms with Crippen LogP contribution in [0.2, 0.25) is 0 Å². The van der Waals surface area contributed by atoms with Gasteiger partial charge in [0.15, 0.2) is 0 Å². The fourth-order valence-electron chi connectivity index (χ4n) is 9.47. The zero-order valence-electron chi connectivity index (χ0n) is 51.2. The molecule has 0 aromatic carbocycles. The second-order valence-corrected chi connectivity index (χ2v) is 26.9. The van der Waals surface area contributed by atoms with Crippen LogP contribution in [0.15, 0.2) is 0 Å². The zero-order valence-corrected chi connectivity index (χ0v) is 54.4. The van der Waals surface area contributed by atoms with Crippen molar-refractivity contribution in [2.75, 3.05) is 46.0 Å². The van der Waals surface area contributed by atoms with Gasteiger partial charge in [0.05, 0.1) is 25.7 Å². The number of unbranched alkanes of at least 4 members (excludes halogenated alkanes) is 36. The topological polar surface area (TPSA) is 105 Å². The van der Waals surface area contributed by atoms with E-state index < -0.39 is 36.0 Å². The highest BCUT2D eigenvalue weighted by Gasteiger charge is 2.53. The molecule has 12 heteroatoms. The van der Waals surface area contributed by atoms with E-state index in [1.165, 1.54) is 231 Å². The molecule has 0 fully saturated rings. The molecule has 0 rings (SSSR count). The Morgan fingerprint density at radius 3 is 0.701 bits per heavy atom. The number of thioether (sulfide) groups is 4. The van der Waals surface area contributed by atoms with E-state index >= 15 is 0 Å². The molecule has 456 valence electrons. The molecule has 0 bridgehead atoms. The minimum atomic E-state index is -2.51. The highest BCUT2D eigenvalue weighted by atomic mass is 32.2. The maximum atomic E-state index is 13.9. The van der Waals surface area contributed by atoms with Crippen LogP contribution in [0.4, 0.5) is 0 Å². The van der Waals surface area contributed by atoms with Crippen LogP contribution < -0.4 is 0 Å². The molecule has 0 saturated heterocycles. The molecule has 0 amide bonds. The molecule has 0 heterocycles. The van der Waals surface area contributed by atoms with Crippen LogP contribution in [0.5, 0.6) is 0 Å². The molecular formula is C65H124O8S4. The minimum absolute atomic E-state index is 0.0467. The van der Waals surface area contributed by atoms with Crippen LogP contribution in [0, 0.1) is 0 Å². The Morgan fingerprint density at radius 1 is 0.273 bits per heavy atom. The summed E-state index contributed by atoms with van der Waals surface area (Å²) in [4.78, 5) is 55.5. The molecule has 1 atom stereocenters. The average Bonchev–Trinajstić information content (AvgIpc) is 3.41. The van der Waals surface area contributed by atoms with Crippen molar-refractivity contribution in [3.05, 3.63) is 0 Å². The Kier molecular flexibility index (Phi) is 60.8. The number of carbonyl (C=O) groups excluding carboxylic acids is 4. The van der Waals surface area contributed by atoms with Crippen molar-refractivity contribution in [3.8, 4) is 0 Å². The molecule has 0 aromatic heterocycles. The lowest BCUT2D eigenvalue weighted by atomic mass is 10.1. The van der Waals surface area contributed by atoms with Crippen LogP contribution in [0.1, 0.15) is 330 Å². The molecule has 0 aromatic rings. The first kappa shape index (κ1) is 76.3. The van der Waals surface area contributed by atoms with E-state index in [9.17, 15) is 19.2 Å². The maximum absolute atomic E-state index is 13.9. The summed E-state index contributed by atoms with van der Waals surface area (Å²) in [7, 11) is 0. The van der Waals surface area contributed by atoms with Crippen LogP contribution in [0.25, 0.3) is 0 Å². The van der Waals surface area contributed by atoms with Gasteiger partial charge in [-0.1, -0.05) is 272 Å². The van der Waals surface area contributed by atoms with Gasteiger partial charge >= 0.3 is 29.9 Å². The molecule has 0 spiro atoms. The lowest BCUT2D eigenvalue weighted by Gasteiger charge is -2.36. The van der Waals surface area contributed by atoms with Crippen molar-refractivity contribution in [2.45, 2.75) is 342 Å². The van der Waals surface area contributed by atoms with Crippen LogP contribution in [-0.2, 0) is 38.1 Å². The first-order valence-electron chi connectivity index (χ1n) is 32.9. The van der Waals surface area contributed by atoms with E-state index in [4.69, 9.17) is 18.9 Å². The first-order valence-corrected chi connectivity index (χ1v) is 37.6. The number of hydrogen-bond acceptors (Lipinski definition) is 12. The van der Waals surface area contributed by atoms with E-state index in [0.29, 0.717) is 29.4 Å². The summed E-state index contributed by atoms with van der Waals surface area (Å²) in [6.45, 7) is 11.0. The SMILES string of the molecule is CCCCCCCCCCCCSCCC(=O)OC(CCC)C(OC(=O)CCSCCCCCCCCCCCC)(OC(=O)CCSCCCCCCCCCCCC)OC(=O)CCSCCCCCCCCCCCC. The molecule has 0 radical (unpaired) electrons. The van der Waals surface area contributed by atoms with Gasteiger partial charge < -0.3 is 18.9 Å². The Bertz CT molecular complexity index is 1180. The lowest BCUT2D eigenvalue weighted by Crippen LogP contribution is -2.55. The Hall–Kier alpha value is -0.720. The van der Waals surface area contributed by atoms with Crippen LogP contribution >= 0.6 is 47.0 Å². The normalized spacial score (nSPS) is 12.0. The molecule has 0 aliphatic rings. The summed E-state index contributed by atoms with van der Waals surface area (Å²) in [5.41, 5.74) is 0. The minimum Gasteiger partial charge on any atom is -0.449 e. The van der Waals surface area contributed by atoms with Gasteiger partial charge in [0, 0.05) is 23.0 Å². The third kappa shape index (κ3) is 53.1. The summed E-state index contributed by atoms with van der Waals surface area (Å²) in [5.74, 6) is 1.04. The number of carbonyl (C=O) groups is 4. The summed E-state index contributed by atoms with van der Waals surface area (Å²) in [6.07, 6.45) is 50.7. The largest absolute Gasteiger partial charge is 0.463 e. The number of esters is 4. The molecule has 0 saturated carbocycles. The molecule has 1 unspecified atom stereocenters. The fraction of sp³-hybridized carbons (Fsp3) is 0.938. The Morgan fingerprint density at radius 2 is 0.481 bits per heavy atom. The molecular weight excluding hydrogens is 1040 g/mol. The molecule has 0 aliphatic heterocycles. The van der Waals surface area contributed by atoms with Gasteiger partial charge in [0.1, 0.15) is 0 Å². The van der Waals surface area contributed by atoms with Gasteiger partial charge in [-0.3, -0.25) is 19.2 Å². The fourth-order valence-corrected chi connectivity index (χ4v) is 13.2. The quantitative estimate of drug-likeness (QED) is 0.0329. The smallest absolute Gasteiger partial charge is 0.449 e. The van der Waals surface area contributed by atoms with E-state index in [0.717, 1.165) is 48.7 Å². The standard InChI is InChI=1S/C65H124O8S4/c1-6-11-15-19-23-27-31-35-39-43-52-74-56-48-61(66)70-60(47-10-5)65(71-62(67)49-57-75-53-44-40-36-32-28-24-20-16-12-7-2,72-63(68)50-58-76-54-45-41-37-33-29-25-21-17-13-8-3)73-64(69)51-59-77-55-46-42-38-34-30-26-22-18-14-9-4/h60H,6-59H2,1-5H3. The van der Waals surface area contributed by atoms with Gasteiger partial charge in [-0.25, -0.2) is 0 Å². The molecule has 8 nitrogen and oxygen atoms in total. The van der Waals surface area contributed by atoms with Crippen molar-refractivity contribution in [1.82, 2.24) is 0 Å². The van der Waals surface area contributed by atoms with Crippen molar-refractivity contribution >= 4 is 70.9 Å². The summed E-state index contributed by atoms with van der Waals surface area (Å²) < 4.78 is 24.5. The molecule has 77 heavy (non-hydrogen) atoms. The number of rotatable bonds is 63. The third-order valence-corrected chi connectivity index (χ3v) is 18.6. The van der Waals surface area contributed by atoms with Crippen molar-refractivity contribution in [1.29, 1.82) is 0 Å². The number of ether oxygens (including phenoxy) is 4. The van der Waals surface area contributed by atoms with Gasteiger partial charge in [-0.05, 0) is 55.1 Å². The van der Waals surface area contributed by atoms with E-state index in [-0.39, 0.29) is 32.1 Å². The van der Waals surface area contributed by atoms with Crippen molar-refractivity contribution in [3.63, 3.8) is 0 Å². The Labute approximate surface area is 494 Å². The van der Waals surface area contributed by atoms with Gasteiger partial charge in [0.25, 0.3) is 0 Å². The monoisotopic (exact) mass is 1160 g/mol. The molecule has 0 aliphatic carbocycles. The highest BCUT2D eigenvalue weighted by molar-refractivity contribution is 7.99. The third-order valence-electron chi connectivity index (χ3n) is 14.4. The van der Waals surface area contributed by atoms with Crippen molar-refractivity contribution < 1.29 is 38.1 Å². The first-order chi connectivity index (χ1) is 37.8. The van der Waals surface area contributed by atoms with E-state index in [2.05, 4.69) is 27.7 Å². The average molecular weight is 1160 g/mol. The summed E-state index contributed by atoms with van der Waals surface area (Å²) in [5, 5.41) is 0. The summed E-state index contributed by atoms with van der Waals surface area (Å²) >= 11 is 6.86. The lowest BCUT2D eigenvalue weighted by molar-refractivity contribution is -0.364. The van der Waals surface area contributed by atoms with Gasteiger partial charge in [0.2, 0.25) is 6.10 Å². The van der Waals surface area contributed by atoms with Gasteiger partial charge in [-0.15, -0.1) is 0 Å². The maximum Gasteiger partial charge on any atom is 0.463 e. The summed E-state index contributed by atoms with van der Waals surface area (Å²) in [6, 6.07) is 0. The zero-order chi connectivity index (χ0) is 56.2. The number of hydrogen-bond donors (Lipinski definition) is 0. The van der Waals surface area contributed by atoms with Crippen LogP contribution in [-0.4, -0.2) is 82.0 Å². The van der Waals surface area contributed by atoms with Gasteiger partial charge in [-0.2, -0.15) is 47.0 Å². The van der Waals surface area contributed by atoms with Crippen molar-refractivity contribution in [2.24, 2.45) is 0 Å². The highest BCUT2D eigenvalue weighted by Crippen LogP contribution is 2.31. The predicted octanol–water partition coefficient (Wildman–Crippen LogP) is 21.2. The predicted molar refractivity (Wildman–Crippen MR) is 341 cm³/mol. The second kappa shape index (κ2) is 61.4. The van der Waals surface area contributed by atoms with E-state index in [1.807, 2.05) is 6.92 Å². The Balaban J connectivity index is 5.81. The van der Waals surface area contributed by atoms with E-state index in [1.54, 1.807) is 47.0 Å². The van der Waals surface area contributed by atoms with Crippen LogP contribution in [0.3, 0.4) is 0 Å². The molecule has 0 N–H and O–H groups in total. The second-order valence-electron chi connectivity index (χ2n) is 22.0.